The number of hydrogen-bond acceptors (Lipinski definition) is 3. The van der Waals surface area contributed by atoms with Gasteiger partial charge in [0.15, 0.2) is 0 Å². The van der Waals surface area contributed by atoms with E-state index in [-0.39, 0.29) is 6.42 Å². The zero-order chi connectivity index (χ0) is 14.2. The molecule has 0 aromatic heterocycles. The van der Waals surface area contributed by atoms with Gasteiger partial charge in [-0.15, -0.1) is 0 Å². The number of para-hydroxylation sites is 1. The molecule has 2 aromatic rings. The third-order valence-electron chi connectivity index (χ3n) is 2.64. The van der Waals surface area contributed by atoms with Crippen LogP contribution in [0.15, 0.2) is 54.6 Å². The molecule has 2 aromatic carbocycles. The highest BCUT2D eigenvalue weighted by Gasteiger charge is 2.00. The molecule has 0 saturated heterocycles. The number of hydrogen-bond donors (Lipinski definition) is 1. The predicted molar refractivity (Wildman–Crippen MR) is 75.2 cm³/mol. The molecule has 20 heavy (non-hydrogen) atoms. The zero-order valence-corrected chi connectivity index (χ0v) is 11.0. The fraction of sp³-hybridized carbons (Fsp3) is 0.188. The van der Waals surface area contributed by atoms with Crippen LogP contribution in [0.4, 0.5) is 0 Å². The van der Waals surface area contributed by atoms with E-state index in [1.165, 1.54) is 0 Å². The molecule has 0 bridgehead atoms. The second-order valence-electron chi connectivity index (χ2n) is 4.22. The van der Waals surface area contributed by atoms with Crippen LogP contribution in [0.5, 0.6) is 11.5 Å². The number of rotatable bonds is 7. The molecule has 0 amide bonds. The number of carboxylic acid groups (broad SMARTS) is 1. The number of aliphatic carboxylic acids is 1. The van der Waals surface area contributed by atoms with E-state index in [1.54, 1.807) is 24.3 Å². The molecule has 4 heteroatoms. The molecule has 0 aliphatic carbocycles. The lowest BCUT2D eigenvalue weighted by atomic mass is 10.1. The molecule has 0 spiro atoms. The van der Waals surface area contributed by atoms with Gasteiger partial charge < -0.3 is 14.6 Å². The molecule has 0 radical (unpaired) electrons. The summed E-state index contributed by atoms with van der Waals surface area (Å²) in [6, 6.07) is 16.6. The molecule has 0 atom stereocenters. The van der Waals surface area contributed by atoms with Gasteiger partial charge in [0, 0.05) is 0 Å². The number of carbonyl (C=O) groups is 1. The number of carboxylic acids is 1. The SMILES string of the molecule is O=C(O)Cc1ccc(OCCOc2ccccc2)cc1. The topological polar surface area (TPSA) is 55.8 Å². The van der Waals surface area contributed by atoms with E-state index in [2.05, 4.69) is 0 Å². The van der Waals surface area contributed by atoms with Crippen molar-refractivity contribution < 1.29 is 19.4 Å². The first-order valence-electron chi connectivity index (χ1n) is 6.35. The number of ether oxygens (including phenoxy) is 2. The molecule has 1 N–H and O–H groups in total. The molecule has 2 rings (SSSR count). The zero-order valence-electron chi connectivity index (χ0n) is 11.0. The summed E-state index contributed by atoms with van der Waals surface area (Å²) in [4.78, 5) is 10.6. The Morgan fingerprint density at radius 1 is 0.850 bits per heavy atom. The normalized spacial score (nSPS) is 10.0. The highest BCUT2D eigenvalue weighted by Crippen LogP contribution is 2.13. The van der Waals surface area contributed by atoms with Gasteiger partial charge in [0.2, 0.25) is 0 Å². The lowest BCUT2D eigenvalue weighted by Crippen LogP contribution is -2.09. The highest BCUT2D eigenvalue weighted by molar-refractivity contribution is 5.70. The lowest BCUT2D eigenvalue weighted by molar-refractivity contribution is -0.136. The summed E-state index contributed by atoms with van der Waals surface area (Å²) in [5, 5.41) is 8.67. The first kappa shape index (κ1) is 13.9. The summed E-state index contributed by atoms with van der Waals surface area (Å²) in [5.41, 5.74) is 0.755. The monoisotopic (exact) mass is 272 g/mol. The van der Waals surface area contributed by atoms with E-state index in [0.717, 1.165) is 11.3 Å². The van der Waals surface area contributed by atoms with Crippen molar-refractivity contribution in [3.8, 4) is 11.5 Å². The van der Waals surface area contributed by atoms with Crippen LogP contribution < -0.4 is 9.47 Å². The van der Waals surface area contributed by atoms with Gasteiger partial charge in [-0.1, -0.05) is 30.3 Å². The fourth-order valence-electron chi connectivity index (χ4n) is 1.71. The van der Waals surface area contributed by atoms with Gasteiger partial charge in [-0.05, 0) is 29.8 Å². The van der Waals surface area contributed by atoms with Crippen molar-refractivity contribution in [2.24, 2.45) is 0 Å². The summed E-state index contributed by atoms with van der Waals surface area (Å²) >= 11 is 0. The standard InChI is InChI=1S/C16H16O4/c17-16(18)12-13-6-8-15(9-7-13)20-11-10-19-14-4-2-1-3-5-14/h1-9H,10-12H2,(H,17,18). The van der Waals surface area contributed by atoms with Crippen molar-refractivity contribution in [1.82, 2.24) is 0 Å². The Balaban J connectivity index is 1.73. The quantitative estimate of drug-likeness (QED) is 0.787. The van der Waals surface area contributed by atoms with Gasteiger partial charge >= 0.3 is 5.97 Å². The Morgan fingerprint density at radius 3 is 1.95 bits per heavy atom. The van der Waals surface area contributed by atoms with Gasteiger partial charge in [0.1, 0.15) is 24.7 Å². The van der Waals surface area contributed by atoms with Gasteiger partial charge in [0.25, 0.3) is 0 Å². The summed E-state index contributed by atoms with van der Waals surface area (Å²) < 4.78 is 11.0. The van der Waals surface area contributed by atoms with E-state index in [0.29, 0.717) is 19.0 Å². The van der Waals surface area contributed by atoms with Crippen LogP contribution >= 0.6 is 0 Å². The number of benzene rings is 2. The average Bonchev–Trinajstić information content (AvgIpc) is 2.46. The minimum atomic E-state index is -0.838. The fourth-order valence-corrected chi connectivity index (χ4v) is 1.71. The smallest absolute Gasteiger partial charge is 0.307 e. The van der Waals surface area contributed by atoms with E-state index >= 15 is 0 Å². The van der Waals surface area contributed by atoms with Crippen molar-refractivity contribution in [3.05, 3.63) is 60.2 Å². The maximum absolute atomic E-state index is 10.6. The van der Waals surface area contributed by atoms with Crippen LogP contribution in [0.2, 0.25) is 0 Å². The average molecular weight is 272 g/mol. The highest BCUT2D eigenvalue weighted by atomic mass is 16.5. The van der Waals surface area contributed by atoms with Gasteiger partial charge in [0.05, 0.1) is 6.42 Å². The molecular weight excluding hydrogens is 256 g/mol. The molecular formula is C16H16O4. The second-order valence-corrected chi connectivity index (χ2v) is 4.22. The third kappa shape index (κ3) is 4.65. The van der Waals surface area contributed by atoms with Gasteiger partial charge in [-0.2, -0.15) is 0 Å². The van der Waals surface area contributed by atoms with Crippen molar-refractivity contribution in [1.29, 1.82) is 0 Å². The summed E-state index contributed by atoms with van der Waals surface area (Å²) in [6.45, 7) is 0.897. The van der Waals surface area contributed by atoms with E-state index in [4.69, 9.17) is 14.6 Å². The Bertz CT molecular complexity index is 534. The Labute approximate surface area is 117 Å². The van der Waals surface area contributed by atoms with E-state index < -0.39 is 5.97 Å². The summed E-state index contributed by atoms with van der Waals surface area (Å²) in [5.74, 6) is 0.679. The van der Waals surface area contributed by atoms with Crippen molar-refractivity contribution in [3.63, 3.8) is 0 Å². The second kappa shape index (κ2) is 7.19. The summed E-state index contributed by atoms with van der Waals surface area (Å²) in [7, 11) is 0. The van der Waals surface area contributed by atoms with Gasteiger partial charge in [-0.25, -0.2) is 0 Å². The first-order chi connectivity index (χ1) is 9.74. The largest absolute Gasteiger partial charge is 0.490 e. The molecule has 0 unspecified atom stereocenters. The minimum Gasteiger partial charge on any atom is -0.490 e. The van der Waals surface area contributed by atoms with Crippen molar-refractivity contribution >= 4 is 5.97 Å². The van der Waals surface area contributed by atoms with E-state index in [1.807, 2.05) is 30.3 Å². The van der Waals surface area contributed by atoms with Crippen LogP contribution in [-0.4, -0.2) is 24.3 Å². The Kier molecular flexibility index (Phi) is 5.00. The molecule has 0 fully saturated rings. The van der Waals surface area contributed by atoms with Crippen molar-refractivity contribution in [2.45, 2.75) is 6.42 Å². The van der Waals surface area contributed by atoms with E-state index in [9.17, 15) is 4.79 Å². The predicted octanol–water partition coefficient (Wildman–Crippen LogP) is 2.77. The Hall–Kier alpha value is -2.49. The lowest BCUT2D eigenvalue weighted by Gasteiger charge is -2.08. The van der Waals surface area contributed by atoms with Crippen LogP contribution in [0.3, 0.4) is 0 Å². The third-order valence-corrected chi connectivity index (χ3v) is 2.64. The summed E-state index contributed by atoms with van der Waals surface area (Å²) in [6.07, 6.45) is 0.0252. The molecule has 104 valence electrons. The molecule has 0 heterocycles. The molecule has 4 nitrogen and oxygen atoms in total. The van der Waals surface area contributed by atoms with Crippen molar-refractivity contribution in [2.75, 3.05) is 13.2 Å². The maximum Gasteiger partial charge on any atom is 0.307 e. The molecule has 0 saturated carbocycles. The van der Waals surface area contributed by atoms with Crippen LogP contribution in [0, 0.1) is 0 Å². The molecule has 0 aliphatic heterocycles. The Morgan fingerprint density at radius 2 is 1.40 bits per heavy atom. The molecule has 0 aliphatic rings. The van der Waals surface area contributed by atoms with Crippen LogP contribution in [-0.2, 0) is 11.2 Å². The van der Waals surface area contributed by atoms with Crippen LogP contribution in [0.25, 0.3) is 0 Å². The maximum atomic E-state index is 10.6. The van der Waals surface area contributed by atoms with Crippen LogP contribution in [0.1, 0.15) is 5.56 Å². The van der Waals surface area contributed by atoms with Gasteiger partial charge in [-0.3, -0.25) is 4.79 Å². The first-order valence-corrected chi connectivity index (χ1v) is 6.35. The minimum absolute atomic E-state index is 0.0252.